The second kappa shape index (κ2) is 10.7. The number of benzene rings is 3. The third kappa shape index (κ3) is 6.37. The fourth-order valence-electron chi connectivity index (χ4n) is 3.29. The second-order valence-corrected chi connectivity index (χ2v) is 7.51. The van der Waals surface area contributed by atoms with Gasteiger partial charge < -0.3 is 14.8 Å². The van der Waals surface area contributed by atoms with Gasteiger partial charge in [-0.25, -0.2) is 0 Å². The summed E-state index contributed by atoms with van der Waals surface area (Å²) in [5.41, 5.74) is 5.00. The minimum Gasteiger partial charge on any atom is -0.493 e. The molecule has 1 N–H and O–H groups in total. The van der Waals surface area contributed by atoms with Crippen molar-refractivity contribution in [3.8, 4) is 11.5 Å². The normalized spacial score (nSPS) is 11.8. The van der Waals surface area contributed by atoms with E-state index in [2.05, 4.69) is 73.8 Å². The fraction of sp³-hybridized carbons (Fsp3) is 0.308. The van der Waals surface area contributed by atoms with Crippen LogP contribution in [0.2, 0.25) is 0 Å². The summed E-state index contributed by atoms with van der Waals surface area (Å²) in [5.74, 6) is 1.55. The van der Waals surface area contributed by atoms with Crippen LogP contribution in [0.3, 0.4) is 0 Å². The average Bonchev–Trinajstić information content (AvgIpc) is 2.76. The number of methoxy groups -OCH3 is 1. The van der Waals surface area contributed by atoms with Crippen molar-refractivity contribution >= 4 is 0 Å². The molecule has 0 heterocycles. The zero-order valence-corrected chi connectivity index (χ0v) is 17.7. The Bertz CT molecular complexity index is 892. The molecule has 3 aromatic carbocycles. The predicted octanol–water partition coefficient (Wildman–Crippen LogP) is 5.69. The second-order valence-electron chi connectivity index (χ2n) is 7.51. The van der Waals surface area contributed by atoms with E-state index >= 15 is 0 Å². The van der Waals surface area contributed by atoms with Crippen LogP contribution in [0, 0.1) is 6.92 Å². The van der Waals surface area contributed by atoms with Gasteiger partial charge in [-0.2, -0.15) is 0 Å². The average molecular weight is 390 g/mol. The first-order chi connectivity index (χ1) is 14.2. The summed E-state index contributed by atoms with van der Waals surface area (Å²) < 4.78 is 11.6. The summed E-state index contributed by atoms with van der Waals surface area (Å²) in [5, 5.41) is 3.61. The van der Waals surface area contributed by atoms with Crippen molar-refractivity contribution in [3.63, 3.8) is 0 Å². The van der Waals surface area contributed by atoms with Crippen LogP contribution in [0.1, 0.15) is 35.6 Å². The molecule has 3 rings (SSSR count). The van der Waals surface area contributed by atoms with Crippen LogP contribution >= 0.6 is 0 Å². The zero-order valence-electron chi connectivity index (χ0n) is 17.7. The van der Waals surface area contributed by atoms with Crippen molar-refractivity contribution in [3.05, 3.63) is 95.1 Å². The lowest BCUT2D eigenvalue weighted by Gasteiger charge is -2.16. The molecule has 0 saturated carbocycles. The van der Waals surface area contributed by atoms with E-state index in [1.807, 2.05) is 18.2 Å². The maximum atomic E-state index is 6.02. The minimum absolute atomic E-state index is 0.443. The molecular formula is C26H31NO2. The van der Waals surface area contributed by atoms with Gasteiger partial charge in [0.05, 0.1) is 7.11 Å². The Labute approximate surface area is 174 Å². The van der Waals surface area contributed by atoms with Crippen molar-refractivity contribution in [2.45, 2.75) is 45.9 Å². The molecular weight excluding hydrogens is 358 g/mol. The van der Waals surface area contributed by atoms with Crippen LogP contribution in [0.5, 0.6) is 11.5 Å². The molecule has 0 unspecified atom stereocenters. The lowest BCUT2D eigenvalue weighted by molar-refractivity contribution is 0.283. The van der Waals surface area contributed by atoms with E-state index in [-0.39, 0.29) is 0 Å². The Morgan fingerprint density at radius 2 is 1.62 bits per heavy atom. The molecule has 0 fully saturated rings. The number of aryl methyl sites for hydroxylation is 2. The molecule has 0 radical (unpaired) electrons. The number of hydrogen-bond donors (Lipinski definition) is 1. The monoisotopic (exact) mass is 389 g/mol. The molecule has 3 aromatic rings. The summed E-state index contributed by atoms with van der Waals surface area (Å²) >= 11 is 0. The van der Waals surface area contributed by atoms with Gasteiger partial charge in [0.1, 0.15) is 6.61 Å². The summed E-state index contributed by atoms with van der Waals surface area (Å²) in [7, 11) is 1.69. The van der Waals surface area contributed by atoms with Gasteiger partial charge in [-0.05, 0) is 61.1 Å². The molecule has 0 aliphatic rings. The molecule has 0 bridgehead atoms. The van der Waals surface area contributed by atoms with Gasteiger partial charge in [-0.15, -0.1) is 0 Å². The van der Waals surface area contributed by atoms with Gasteiger partial charge in [0.15, 0.2) is 11.5 Å². The number of rotatable bonds is 10. The lowest BCUT2D eigenvalue weighted by atomic mass is 10.1. The van der Waals surface area contributed by atoms with Gasteiger partial charge in [0.2, 0.25) is 0 Å². The SMILES string of the molecule is COc1cc(CN[C@H](C)CCc2ccccc2)ccc1OCc1ccccc1C. The molecule has 1 atom stereocenters. The first-order valence-electron chi connectivity index (χ1n) is 10.3. The van der Waals surface area contributed by atoms with Gasteiger partial charge in [0.25, 0.3) is 0 Å². The summed E-state index contributed by atoms with van der Waals surface area (Å²) in [6.07, 6.45) is 2.20. The molecule has 0 aliphatic heterocycles. The number of hydrogen-bond acceptors (Lipinski definition) is 3. The van der Waals surface area contributed by atoms with Crippen molar-refractivity contribution in [2.75, 3.05) is 7.11 Å². The van der Waals surface area contributed by atoms with Gasteiger partial charge in [-0.3, -0.25) is 0 Å². The van der Waals surface area contributed by atoms with E-state index in [0.29, 0.717) is 12.6 Å². The molecule has 0 aliphatic carbocycles. The summed E-state index contributed by atoms with van der Waals surface area (Å²) in [4.78, 5) is 0. The predicted molar refractivity (Wildman–Crippen MR) is 120 cm³/mol. The highest BCUT2D eigenvalue weighted by Gasteiger charge is 2.08. The maximum Gasteiger partial charge on any atom is 0.161 e. The standard InChI is InChI=1S/C26H31NO2/c1-20-9-7-8-12-24(20)19-29-25-16-15-23(17-26(25)28-3)18-27-21(2)13-14-22-10-5-4-6-11-22/h4-12,15-17,21,27H,13-14,18-19H2,1-3H3/t21-/m1/s1. The molecule has 3 nitrogen and oxygen atoms in total. The summed E-state index contributed by atoms with van der Waals surface area (Å²) in [6.45, 7) is 5.69. The Hall–Kier alpha value is -2.78. The van der Waals surface area contributed by atoms with Crippen molar-refractivity contribution < 1.29 is 9.47 Å². The topological polar surface area (TPSA) is 30.5 Å². The first-order valence-corrected chi connectivity index (χ1v) is 10.3. The van der Waals surface area contributed by atoms with Gasteiger partial charge in [-0.1, -0.05) is 60.7 Å². The molecule has 0 saturated heterocycles. The van der Waals surface area contributed by atoms with E-state index in [1.54, 1.807) is 7.11 Å². The molecule has 3 heteroatoms. The highest BCUT2D eigenvalue weighted by atomic mass is 16.5. The third-order valence-electron chi connectivity index (χ3n) is 5.24. The quantitative estimate of drug-likeness (QED) is 0.483. The Morgan fingerprint density at radius 1 is 0.862 bits per heavy atom. The lowest BCUT2D eigenvalue weighted by Crippen LogP contribution is -2.26. The van der Waals surface area contributed by atoms with E-state index in [4.69, 9.17) is 9.47 Å². The number of ether oxygens (including phenoxy) is 2. The van der Waals surface area contributed by atoms with Crippen LogP contribution in [-0.4, -0.2) is 13.2 Å². The fourth-order valence-corrected chi connectivity index (χ4v) is 3.29. The van der Waals surface area contributed by atoms with Crippen LogP contribution < -0.4 is 14.8 Å². The Morgan fingerprint density at radius 3 is 2.38 bits per heavy atom. The molecule has 0 spiro atoms. The van der Waals surface area contributed by atoms with Crippen LogP contribution in [-0.2, 0) is 19.6 Å². The number of nitrogens with one attached hydrogen (secondary N) is 1. The zero-order chi connectivity index (χ0) is 20.5. The van der Waals surface area contributed by atoms with E-state index in [1.165, 1.54) is 22.3 Å². The molecule has 152 valence electrons. The van der Waals surface area contributed by atoms with Gasteiger partial charge >= 0.3 is 0 Å². The van der Waals surface area contributed by atoms with E-state index in [0.717, 1.165) is 30.9 Å². The molecule has 29 heavy (non-hydrogen) atoms. The van der Waals surface area contributed by atoms with Crippen LogP contribution in [0.15, 0.2) is 72.8 Å². The Kier molecular flexibility index (Phi) is 7.71. The first kappa shape index (κ1) is 20.9. The minimum atomic E-state index is 0.443. The molecule has 0 aromatic heterocycles. The Balaban J connectivity index is 1.52. The van der Waals surface area contributed by atoms with Crippen LogP contribution in [0.4, 0.5) is 0 Å². The van der Waals surface area contributed by atoms with Crippen molar-refractivity contribution in [1.82, 2.24) is 5.32 Å². The van der Waals surface area contributed by atoms with E-state index in [9.17, 15) is 0 Å². The van der Waals surface area contributed by atoms with Gasteiger partial charge in [0, 0.05) is 12.6 Å². The van der Waals surface area contributed by atoms with Crippen molar-refractivity contribution in [2.24, 2.45) is 0 Å². The smallest absolute Gasteiger partial charge is 0.161 e. The third-order valence-corrected chi connectivity index (χ3v) is 5.24. The van der Waals surface area contributed by atoms with Crippen molar-refractivity contribution in [1.29, 1.82) is 0 Å². The molecule has 0 amide bonds. The highest BCUT2D eigenvalue weighted by molar-refractivity contribution is 5.43. The van der Waals surface area contributed by atoms with Crippen LogP contribution in [0.25, 0.3) is 0 Å². The van der Waals surface area contributed by atoms with E-state index < -0.39 is 0 Å². The summed E-state index contributed by atoms with van der Waals surface area (Å²) in [6, 6.07) is 25.5. The largest absolute Gasteiger partial charge is 0.493 e. The maximum absolute atomic E-state index is 6.02. The highest BCUT2D eigenvalue weighted by Crippen LogP contribution is 2.29.